The molecule has 128 valence electrons. The van der Waals surface area contributed by atoms with Gasteiger partial charge < -0.3 is 14.4 Å². The molecule has 4 heteroatoms. The Balaban J connectivity index is 1.53. The summed E-state index contributed by atoms with van der Waals surface area (Å²) in [4.78, 5) is 14.9. The van der Waals surface area contributed by atoms with Gasteiger partial charge in [0, 0.05) is 24.6 Å². The summed E-state index contributed by atoms with van der Waals surface area (Å²) in [6.07, 6.45) is 3.27. The van der Waals surface area contributed by atoms with Crippen molar-refractivity contribution >= 4 is 16.7 Å². The minimum Gasteiger partial charge on any atom is -0.467 e. The van der Waals surface area contributed by atoms with Crippen molar-refractivity contribution in [3.63, 3.8) is 0 Å². The summed E-state index contributed by atoms with van der Waals surface area (Å²) in [6, 6.07) is 17.5. The molecule has 2 atom stereocenters. The Labute approximate surface area is 146 Å². The molecule has 2 heterocycles. The Hall–Kier alpha value is -2.59. The third kappa shape index (κ3) is 3.17. The van der Waals surface area contributed by atoms with Crippen LogP contribution in [0.1, 0.15) is 41.5 Å². The van der Waals surface area contributed by atoms with E-state index in [4.69, 9.17) is 4.42 Å². The Bertz CT molecular complexity index is 872. The quantitative estimate of drug-likeness (QED) is 0.779. The van der Waals surface area contributed by atoms with Crippen molar-refractivity contribution in [3.8, 4) is 0 Å². The van der Waals surface area contributed by atoms with E-state index in [1.165, 1.54) is 0 Å². The highest BCUT2D eigenvalue weighted by Gasteiger charge is 2.31. The van der Waals surface area contributed by atoms with Gasteiger partial charge in [-0.1, -0.05) is 30.3 Å². The van der Waals surface area contributed by atoms with E-state index in [-0.39, 0.29) is 11.9 Å². The van der Waals surface area contributed by atoms with Gasteiger partial charge in [-0.25, -0.2) is 0 Å². The van der Waals surface area contributed by atoms with Crippen molar-refractivity contribution in [1.29, 1.82) is 0 Å². The number of nitrogens with zero attached hydrogens (tertiary/aromatic N) is 1. The maximum absolute atomic E-state index is 13.0. The average molecular weight is 335 g/mol. The molecule has 1 N–H and O–H groups in total. The molecule has 0 bridgehead atoms. The molecule has 1 aliphatic heterocycles. The fourth-order valence-electron chi connectivity index (χ4n) is 3.69. The van der Waals surface area contributed by atoms with Crippen LogP contribution >= 0.6 is 0 Å². The number of aliphatic hydroxyl groups excluding tert-OH is 1. The number of benzene rings is 2. The summed E-state index contributed by atoms with van der Waals surface area (Å²) in [5, 5.41) is 12.5. The van der Waals surface area contributed by atoms with Crippen LogP contribution in [0.5, 0.6) is 0 Å². The second-order valence-electron chi connectivity index (χ2n) is 6.62. The second kappa shape index (κ2) is 6.73. The van der Waals surface area contributed by atoms with Gasteiger partial charge in [0.05, 0.1) is 6.26 Å². The van der Waals surface area contributed by atoms with E-state index in [0.717, 1.165) is 30.2 Å². The first kappa shape index (κ1) is 15.9. The zero-order chi connectivity index (χ0) is 17.2. The lowest BCUT2D eigenvalue weighted by Crippen LogP contribution is -2.36. The largest absolute Gasteiger partial charge is 0.467 e. The predicted octanol–water partition coefficient (Wildman–Crippen LogP) is 4.16. The van der Waals surface area contributed by atoms with Gasteiger partial charge in [-0.3, -0.25) is 4.79 Å². The molecule has 0 radical (unpaired) electrons. The predicted molar refractivity (Wildman–Crippen MR) is 96.3 cm³/mol. The summed E-state index contributed by atoms with van der Waals surface area (Å²) in [6.45, 7) is 0.737. The number of carbonyl (C=O) groups is 1. The Morgan fingerprint density at radius 2 is 2.00 bits per heavy atom. The van der Waals surface area contributed by atoms with Crippen molar-refractivity contribution in [2.24, 2.45) is 0 Å². The van der Waals surface area contributed by atoms with Gasteiger partial charge in [0.15, 0.2) is 0 Å². The number of hydrogen-bond acceptors (Lipinski definition) is 3. The number of aliphatic hydroxyl groups is 1. The average Bonchev–Trinajstić information content (AvgIpc) is 3.32. The van der Waals surface area contributed by atoms with E-state index in [9.17, 15) is 9.90 Å². The summed E-state index contributed by atoms with van der Waals surface area (Å²) >= 11 is 0. The summed E-state index contributed by atoms with van der Waals surface area (Å²) < 4.78 is 5.28. The van der Waals surface area contributed by atoms with Gasteiger partial charge in [-0.05, 0) is 47.9 Å². The molecule has 0 spiro atoms. The molecule has 1 aromatic heterocycles. The van der Waals surface area contributed by atoms with Gasteiger partial charge in [-0.2, -0.15) is 0 Å². The molecular weight excluding hydrogens is 314 g/mol. The topological polar surface area (TPSA) is 53.7 Å². The van der Waals surface area contributed by atoms with Crippen LogP contribution in [0.15, 0.2) is 65.3 Å². The molecule has 1 fully saturated rings. The number of hydrogen-bond donors (Lipinski definition) is 1. The van der Waals surface area contributed by atoms with Crippen LogP contribution in [0.3, 0.4) is 0 Å². The number of carbonyl (C=O) groups excluding carboxylic acids is 1. The van der Waals surface area contributed by atoms with Gasteiger partial charge >= 0.3 is 0 Å². The fraction of sp³-hybridized carbons (Fsp3) is 0.286. The van der Waals surface area contributed by atoms with Gasteiger partial charge in [0.25, 0.3) is 5.91 Å². The van der Waals surface area contributed by atoms with Crippen LogP contribution in [0.4, 0.5) is 0 Å². The van der Waals surface area contributed by atoms with Crippen molar-refractivity contribution < 1.29 is 14.3 Å². The Morgan fingerprint density at radius 1 is 1.16 bits per heavy atom. The van der Waals surface area contributed by atoms with Crippen LogP contribution in [0.25, 0.3) is 10.8 Å². The van der Waals surface area contributed by atoms with Crippen LogP contribution in [0, 0.1) is 0 Å². The van der Waals surface area contributed by atoms with Gasteiger partial charge in [0.2, 0.25) is 0 Å². The first-order valence-corrected chi connectivity index (χ1v) is 8.73. The second-order valence-corrected chi connectivity index (χ2v) is 6.62. The molecule has 3 aromatic rings. The highest BCUT2D eigenvalue weighted by atomic mass is 16.4. The van der Waals surface area contributed by atoms with Crippen molar-refractivity contribution in [2.45, 2.75) is 31.4 Å². The summed E-state index contributed by atoms with van der Waals surface area (Å²) in [7, 11) is 0. The zero-order valence-corrected chi connectivity index (χ0v) is 14.0. The number of likely N-dealkylation sites (tertiary alicyclic amines) is 1. The van der Waals surface area contributed by atoms with E-state index in [2.05, 4.69) is 0 Å². The lowest BCUT2D eigenvalue weighted by molar-refractivity contribution is 0.0641. The van der Waals surface area contributed by atoms with Gasteiger partial charge in [-0.15, -0.1) is 0 Å². The normalized spacial score (nSPS) is 18.6. The number of furan rings is 1. The monoisotopic (exact) mass is 335 g/mol. The third-order valence-corrected chi connectivity index (χ3v) is 5.00. The van der Waals surface area contributed by atoms with E-state index >= 15 is 0 Å². The Morgan fingerprint density at radius 3 is 2.80 bits per heavy atom. The maximum Gasteiger partial charge on any atom is 0.254 e. The molecule has 25 heavy (non-hydrogen) atoms. The maximum atomic E-state index is 13.0. The number of amides is 1. The highest BCUT2D eigenvalue weighted by molar-refractivity contribution is 5.98. The van der Waals surface area contributed by atoms with E-state index in [0.29, 0.717) is 17.7 Å². The molecule has 1 amide bonds. The third-order valence-electron chi connectivity index (χ3n) is 5.00. The zero-order valence-electron chi connectivity index (χ0n) is 14.0. The van der Waals surface area contributed by atoms with Crippen LogP contribution in [0.2, 0.25) is 0 Å². The molecule has 4 nitrogen and oxygen atoms in total. The molecule has 2 aromatic carbocycles. The standard InChI is InChI=1S/C21H21NO3/c23-19(20-8-4-12-25-20)14-18-7-3-11-22(18)21(24)17-10-9-15-5-1-2-6-16(15)13-17/h1-2,4-6,8-10,12-13,18-19,23H,3,7,11,14H2. The first-order chi connectivity index (χ1) is 12.2. The lowest BCUT2D eigenvalue weighted by Gasteiger charge is -2.26. The number of fused-ring (bicyclic) bond motifs is 1. The van der Waals surface area contributed by atoms with Crippen LogP contribution in [-0.2, 0) is 0 Å². The van der Waals surface area contributed by atoms with Crippen LogP contribution < -0.4 is 0 Å². The van der Waals surface area contributed by atoms with E-state index < -0.39 is 6.10 Å². The van der Waals surface area contributed by atoms with Crippen molar-refractivity contribution in [3.05, 3.63) is 72.2 Å². The van der Waals surface area contributed by atoms with Crippen molar-refractivity contribution in [1.82, 2.24) is 4.90 Å². The molecule has 2 unspecified atom stereocenters. The lowest BCUT2D eigenvalue weighted by atomic mass is 10.0. The smallest absolute Gasteiger partial charge is 0.254 e. The van der Waals surface area contributed by atoms with E-state index in [1.54, 1.807) is 18.4 Å². The minimum atomic E-state index is -0.676. The Kier molecular flexibility index (Phi) is 4.28. The molecule has 0 aliphatic carbocycles. The minimum absolute atomic E-state index is 0.0408. The molecule has 0 saturated carbocycles. The SMILES string of the molecule is O=C(c1ccc2ccccc2c1)N1CCCC1CC(O)c1ccco1. The fourth-order valence-corrected chi connectivity index (χ4v) is 3.69. The van der Waals surface area contributed by atoms with Crippen molar-refractivity contribution in [2.75, 3.05) is 6.54 Å². The molecule has 1 saturated heterocycles. The van der Waals surface area contributed by atoms with E-state index in [1.807, 2.05) is 47.4 Å². The first-order valence-electron chi connectivity index (χ1n) is 8.73. The summed E-state index contributed by atoms with van der Waals surface area (Å²) in [5.74, 6) is 0.602. The highest BCUT2D eigenvalue weighted by Crippen LogP contribution is 2.29. The molecular formula is C21H21NO3. The van der Waals surface area contributed by atoms with Gasteiger partial charge in [0.1, 0.15) is 11.9 Å². The number of rotatable bonds is 4. The molecule has 1 aliphatic rings. The molecule has 4 rings (SSSR count). The van der Waals surface area contributed by atoms with Crippen LogP contribution in [-0.4, -0.2) is 28.5 Å². The summed E-state index contributed by atoms with van der Waals surface area (Å²) in [5.41, 5.74) is 0.707.